The van der Waals surface area contributed by atoms with Gasteiger partial charge in [-0.15, -0.1) is 22.7 Å². The van der Waals surface area contributed by atoms with Crippen LogP contribution in [0.3, 0.4) is 0 Å². The van der Waals surface area contributed by atoms with Gasteiger partial charge in [0.15, 0.2) is 0 Å². The number of nitrogens with zero attached hydrogens (tertiary/aromatic N) is 2. The minimum absolute atomic E-state index is 0.857. The van der Waals surface area contributed by atoms with E-state index in [1.54, 1.807) is 22.7 Å². The van der Waals surface area contributed by atoms with E-state index >= 15 is 0 Å². The zero-order valence-corrected chi connectivity index (χ0v) is 10.2. The minimum atomic E-state index is 0.857. The van der Waals surface area contributed by atoms with Crippen LogP contribution in [0.25, 0.3) is 0 Å². The van der Waals surface area contributed by atoms with E-state index in [9.17, 15) is 0 Å². The SMILES string of the molecule is Cc1nc(CNCCc2nccs2)cs1. The molecule has 0 aliphatic carbocycles. The van der Waals surface area contributed by atoms with Gasteiger partial charge in [0, 0.05) is 36.5 Å². The molecular weight excluding hydrogens is 226 g/mol. The van der Waals surface area contributed by atoms with Crippen molar-refractivity contribution in [3.8, 4) is 0 Å². The van der Waals surface area contributed by atoms with Crippen molar-refractivity contribution in [2.75, 3.05) is 6.54 Å². The molecule has 80 valence electrons. The van der Waals surface area contributed by atoms with Crippen LogP contribution in [-0.4, -0.2) is 16.5 Å². The Morgan fingerprint density at radius 2 is 2.33 bits per heavy atom. The van der Waals surface area contributed by atoms with Gasteiger partial charge in [0.05, 0.1) is 15.7 Å². The van der Waals surface area contributed by atoms with Crippen LogP contribution in [0.1, 0.15) is 15.7 Å². The summed E-state index contributed by atoms with van der Waals surface area (Å²) >= 11 is 3.41. The molecule has 2 rings (SSSR count). The quantitative estimate of drug-likeness (QED) is 0.813. The monoisotopic (exact) mass is 239 g/mol. The number of thiazole rings is 2. The maximum Gasteiger partial charge on any atom is 0.0937 e. The molecule has 0 amide bonds. The van der Waals surface area contributed by atoms with Gasteiger partial charge in [-0.2, -0.15) is 0 Å². The lowest BCUT2D eigenvalue weighted by Crippen LogP contribution is -2.16. The van der Waals surface area contributed by atoms with Gasteiger partial charge >= 0.3 is 0 Å². The van der Waals surface area contributed by atoms with Crippen molar-refractivity contribution in [3.05, 3.63) is 32.7 Å². The Labute approximate surface area is 97.2 Å². The Hall–Kier alpha value is -0.780. The molecule has 0 saturated heterocycles. The van der Waals surface area contributed by atoms with E-state index < -0.39 is 0 Å². The van der Waals surface area contributed by atoms with Crippen LogP contribution in [-0.2, 0) is 13.0 Å². The normalized spacial score (nSPS) is 10.7. The fourth-order valence-corrected chi connectivity index (χ4v) is 2.51. The van der Waals surface area contributed by atoms with Crippen LogP contribution < -0.4 is 5.32 Å². The lowest BCUT2D eigenvalue weighted by atomic mass is 10.4. The van der Waals surface area contributed by atoms with Crippen LogP contribution >= 0.6 is 22.7 Å². The Kier molecular flexibility index (Phi) is 3.82. The predicted octanol–water partition coefficient (Wildman–Crippen LogP) is 2.24. The van der Waals surface area contributed by atoms with E-state index in [4.69, 9.17) is 0 Å². The first-order valence-corrected chi connectivity index (χ1v) is 6.60. The number of nitrogens with one attached hydrogen (secondary N) is 1. The average Bonchev–Trinajstić information content (AvgIpc) is 2.84. The third-order valence-electron chi connectivity index (χ3n) is 1.97. The van der Waals surface area contributed by atoms with E-state index in [-0.39, 0.29) is 0 Å². The molecule has 0 radical (unpaired) electrons. The topological polar surface area (TPSA) is 37.8 Å². The van der Waals surface area contributed by atoms with Gasteiger partial charge in [-0.05, 0) is 6.92 Å². The fraction of sp³-hybridized carbons (Fsp3) is 0.400. The predicted molar refractivity (Wildman–Crippen MR) is 64.4 cm³/mol. The van der Waals surface area contributed by atoms with E-state index in [1.807, 2.05) is 18.5 Å². The molecule has 0 saturated carbocycles. The fourth-order valence-electron chi connectivity index (χ4n) is 1.28. The van der Waals surface area contributed by atoms with Crippen LogP contribution in [0, 0.1) is 6.92 Å². The summed E-state index contributed by atoms with van der Waals surface area (Å²) in [5, 5.41) is 9.80. The first-order valence-electron chi connectivity index (χ1n) is 4.84. The highest BCUT2D eigenvalue weighted by Gasteiger charge is 1.98. The molecule has 0 atom stereocenters. The lowest BCUT2D eigenvalue weighted by Gasteiger charge is -1.99. The van der Waals surface area contributed by atoms with Gasteiger partial charge in [0.2, 0.25) is 0 Å². The second-order valence-corrected chi connectivity index (χ2v) is 5.25. The Bertz CT molecular complexity index is 394. The molecule has 1 N–H and O–H groups in total. The standard InChI is InChI=1S/C10H13N3S2/c1-8-13-9(7-15-8)6-11-3-2-10-12-4-5-14-10/h4-5,7,11H,2-3,6H2,1H3. The molecule has 15 heavy (non-hydrogen) atoms. The Morgan fingerprint density at radius 1 is 1.40 bits per heavy atom. The van der Waals surface area contributed by atoms with E-state index in [0.29, 0.717) is 0 Å². The summed E-state index contributed by atoms with van der Waals surface area (Å²) in [6, 6.07) is 0. The summed E-state index contributed by atoms with van der Waals surface area (Å²) in [6.07, 6.45) is 2.85. The van der Waals surface area contributed by atoms with E-state index in [0.717, 1.165) is 30.2 Å². The van der Waals surface area contributed by atoms with Crippen molar-refractivity contribution >= 4 is 22.7 Å². The average molecular weight is 239 g/mol. The third kappa shape index (κ3) is 3.37. The van der Waals surface area contributed by atoms with Crippen LogP contribution in [0.4, 0.5) is 0 Å². The molecule has 2 aromatic rings. The number of hydrogen-bond donors (Lipinski definition) is 1. The highest BCUT2D eigenvalue weighted by molar-refractivity contribution is 7.09. The molecule has 2 aromatic heterocycles. The van der Waals surface area contributed by atoms with Crippen LogP contribution in [0.2, 0.25) is 0 Å². The lowest BCUT2D eigenvalue weighted by molar-refractivity contribution is 0.675. The van der Waals surface area contributed by atoms with Crippen LogP contribution in [0.15, 0.2) is 17.0 Å². The van der Waals surface area contributed by atoms with E-state index in [2.05, 4.69) is 20.7 Å². The highest BCUT2D eigenvalue weighted by Crippen LogP contribution is 2.07. The molecule has 0 aromatic carbocycles. The first-order chi connectivity index (χ1) is 7.34. The second-order valence-electron chi connectivity index (χ2n) is 3.21. The third-order valence-corrected chi connectivity index (χ3v) is 3.63. The Balaban J connectivity index is 1.67. The maximum atomic E-state index is 4.39. The molecule has 0 spiro atoms. The van der Waals surface area contributed by atoms with Crippen molar-refractivity contribution in [1.29, 1.82) is 0 Å². The Morgan fingerprint density at radius 3 is 3.00 bits per heavy atom. The van der Waals surface area contributed by atoms with Gasteiger partial charge in [0.25, 0.3) is 0 Å². The summed E-state index contributed by atoms with van der Waals surface area (Å²) in [6.45, 7) is 3.85. The van der Waals surface area contributed by atoms with Crippen molar-refractivity contribution < 1.29 is 0 Å². The van der Waals surface area contributed by atoms with Gasteiger partial charge in [-0.3, -0.25) is 0 Å². The van der Waals surface area contributed by atoms with E-state index in [1.165, 1.54) is 5.01 Å². The summed E-state index contributed by atoms with van der Waals surface area (Å²) in [4.78, 5) is 8.62. The zero-order chi connectivity index (χ0) is 10.5. The highest BCUT2D eigenvalue weighted by atomic mass is 32.1. The largest absolute Gasteiger partial charge is 0.311 e. The molecule has 0 bridgehead atoms. The van der Waals surface area contributed by atoms with Gasteiger partial charge in [-0.25, -0.2) is 9.97 Å². The summed E-state index contributed by atoms with van der Waals surface area (Å²) in [7, 11) is 0. The molecule has 0 fully saturated rings. The second kappa shape index (κ2) is 5.34. The van der Waals surface area contributed by atoms with Gasteiger partial charge < -0.3 is 5.32 Å². The van der Waals surface area contributed by atoms with Gasteiger partial charge in [-0.1, -0.05) is 0 Å². The number of hydrogen-bond acceptors (Lipinski definition) is 5. The van der Waals surface area contributed by atoms with Crippen molar-refractivity contribution in [3.63, 3.8) is 0 Å². The molecular formula is C10H13N3S2. The molecule has 5 heteroatoms. The zero-order valence-electron chi connectivity index (χ0n) is 8.56. The molecule has 0 unspecified atom stereocenters. The number of aryl methyl sites for hydroxylation is 1. The van der Waals surface area contributed by atoms with Crippen molar-refractivity contribution in [2.45, 2.75) is 19.9 Å². The summed E-state index contributed by atoms with van der Waals surface area (Å²) in [5.41, 5.74) is 1.14. The molecule has 0 aliphatic heterocycles. The first kappa shape index (κ1) is 10.7. The van der Waals surface area contributed by atoms with Gasteiger partial charge in [0.1, 0.15) is 0 Å². The molecule has 0 aliphatic rings. The smallest absolute Gasteiger partial charge is 0.0937 e. The summed E-state index contributed by atoms with van der Waals surface area (Å²) < 4.78 is 0. The van der Waals surface area contributed by atoms with Crippen LogP contribution in [0.5, 0.6) is 0 Å². The molecule has 2 heterocycles. The maximum absolute atomic E-state index is 4.39. The minimum Gasteiger partial charge on any atom is -0.311 e. The van der Waals surface area contributed by atoms with Crippen molar-refractivity contribution in [1.82, 2.24) is 15.3 Å². The number of aromatic nitrogens is 2. The van der Waals surface area contributed by atoms with Crippen molar-refractivity contribution in [2.24, 2.45) is 0 Å². The molecule has 3 nitrogen and oxygen atoms in total. The number of rotatable bonds is 5. The summed E-state index contributed by atoms with van der Waals surface area (Å²) in [5.74, 6) is 0.